The van der Waals surface area contributed by atoms with Gasteiger partial charge in [-0.25, -0.2) is 18.5 Å². The molecule has 2 aromatic carbocycles. The van der Waals surface area contributed by atoms with Crippen molar-refractivity contribution in [3.8, 4) is 5.69 Å². The minimum absolute atomic E-state index is 0.281. The van der Waals surface area contributed by atoms with Crippen molar-refractivity contribution >= 4 is 10.9 Å². The van der Waals surface area contributed by atoms with Crippen LogP contribution in [0.4, 0.5) is 0 Å². The summed E-state index contributed by atoms with van der Waals surface area (Å²) in [7, 11) is 4.04. The standard InChI is InChI=1S/C22H23N4O2/c1-23-15-16-24(2)20(23)13-8-14-25-19-12-7-6-11-18(19)21(27)26(22(25)28)17-9-4-3-5-10-17/h3-7,9-12,15-16H,8,13-14H2,1-2H3/q+1. The molecule has 0 aliphatic carbocycles. The second-order valence-corrected chi connectivity index (χ2v) is 6.97. The number of fused-ring (bicyclic) bond motifs is 1. The number of aromatic nitrogens is 4. The predicted molar refractivity (Wildman–Crippen MR) is 109 cm³/mol. The first-order valence-electron chi connectivity index (χ1n) is 9.38. The molecular formula is C22H23N4O2+. The fraction of sp³-hybridized carbons (Fsp3) is 0.227. The van der Waals surface area contributed by atoms with Gasteiger partial charge in [0.05, 0.1) is 37.1 Å². The molecule has 6 nitrogen and oxygen atoms in total. The lowest BCUT2D eigenvalue weighted by Gasteiger charge is -2.14. The molecule has 0 saturated carbocycles. The lowest BCUT2D eigenvalue weighted by Crippen LogP contribution is -2.39. The van der Waals surface area contributed by atoms with Crippen molar-refractivity contribution in [2.45, 2.75) is 19.4 Å². The summed E-state index contributed by atoms with van der Waals surface area (Å²) in [4.78, 5) is 26.2. The molecule has 0 fully saturated rings. The summed E-state index contributed by atoms with van der Waals surface area (Å²) >= 11 is 0. The molecule has 0 radical (unpaired) electrons. The number of aryl methyl sites for hydroxylation is 3. The average molecular weight is 375 g/mol. The Balaban J connectivity index is 1.79. The lowest BCUT2D eigenvalue weighted by molar-refractivity contribution is -0.678. The van der Waals surface area contributed by atoms with E-state index >= 15 is 0 Å². The van der Waals surface area contributed by atoms with Crippen LogP contribution in [0.2, 0.25) is 0 Å². The van der Waals surface area contributed by atoms with Gasteiger partial charge in [0, 0.05) is 6.54 Å². The number of rotatable bonds is 5. The van der Waals surface area contributed by atoms with Crippen LogP contribution in [0.15, 0.2) is 76.6 Å². The zero-order chi connectivity index (χ0) is 19.7. The Morgan fingerprint density at radius 2 is 1.68 bits per heavy atom. The van der Waals surface area contributed by atoms with Crippen LogP contribution < -0.4 is 15.8 Å². The molecule has 0 amide bonds. The third-order valence-corrected chi connectivity index (χ3v) is 5.18. The molecule has 0 aliphatic heterocycles. The van der Waals surface area contributed by atoms with E-state index in [4.69, 9.17) is 0 Å². The highest BCUT2D eigenvalue weighted by molar-refractivity contribution is 5.78. The van der Waals surface area contributed by atoms with Crippen LogP contribution in [0.1, 0.15) is 12.2 Å². The molecule has 0 spiro atoms. The van der Waals surface area contributed by atoms with Crippen molar-refractivity contribution < 1.29 is 4.57 Å². The topological polar surface area (TPSA) is 52.8 Å². The number of nitrogens with zero attached hydrogens (tertiary/aromatic N) is 4. The molecule has 0 unspecified atom stereocenters. The van der Waals surface area contributed by atoms with Crippen LogP contribution in [-0.2, 0) is 27.1 Å². The molecule has 4 aromatic rings. The number of hydrogen-bond donors (Lipinski definition) is 0. The van der Waals surface area contributed by atoms with Crippen LogP contribution in [0.25, 0.3) is 16.6 Å². The molecule has 142 valence electrons. The van der Waals surface area contributed by atoms with E-state index in [1.807, 2.05) is 62.9 Å². The number of hydrogen-bond acceptors (Lipinski definition) is 2. The van der Waals surface area contributed by atoms with Gasteiger partial charge in [0.1, 0.15) is 12.4 Å². The van der Waals surface area contributed by atoms with Crippen LogP contribution >= 0.6 is 0 Å². The molecule has 0 N–H and O–H groups in total. The third-order valence-electron chi connectivity index (χ3n) is 5.18. The van der Waals surface area contributed by atoms with E-state index in [1.165, 1.54) is 10.4 Å². The largest absolute Gasteiger partial charge is 0.336 e. The van der Waals surface area contributed by atoms with E-state index < -0.39 is 0 Å². The van der Waals surface area contributed by atoms with Gasteiger partial charge >= 0.3 is 5.69 Å². The molecule has 4 rings (SSSR count). The Hall–Kier alpha value is -3.41. The molecule has 0 aliphatic rings. The number of imidazole rings is 1. The van der Waals surface area contributed by atoms with E-state index in [0.29, 0.717) is 23.1 Å². The number of para-hydroxylation sites is 2. The molecule has 0 saturated heterocycles. The van der Waals surface area contributed by atoms with Crippen molar-refractivity contribution in [1.29, 1.82) is 0 Å². The van der Waals surface area contributed by atoms with Crippen molar-refractivity contribution in [2.24, 2.45) is 14.1 Å². The Bertz CT molecular complexity index is 1230. The van der Waals surface area contributed by atoms with E-state index in [1.54, 1.807) is 22.8 Å². The second kappa shape index (κ2) is 7.31. The molecule has 0 bridgehead atoms. The quantitative estimate of drug-likeness (QED) is 0.501. The molecule has 28 heavy (non-hydrogen) atoms. The maximum Gasteiger partial charge on any atom is 0.336 e. The van der Waals surface area contributed by atoms with Gasteiger partial charge in [-0.1, -0.05) is 30.3 Å². The van der Waals surface area contributed by atoms with Gasteiger partial charge in [0.2, 0.25) is 0 Å². The highest BCUT2D eigenvalue weighted by Gasteiger charge is 2.15. The average Bonchev–Trinajstić information content (AvgIpc) is 3.03. The zero-order valence-corrected chi connectivity index (χ0v) is 16.1. The van der Waals surface area contributed by atoms with E-state index in [0.717, 1.165) is 12.8 Å². The Labute approximate surface area is 162 Å². The van der Waals surface area contributed by atoms with E-state index in [9.17, 15) is 9.59 Å². The van der Waals surface area contributed by atoms with Gasteiger partial charge in [0.15, 0.2) is 0 Å². The minimum Gasteiger partial charge on any atom is -0.293 e. The van der Waals surface area contributed by atoms with Crippen molar-refractivity contribution in [3.63, 3.8) is 0 Å². The van der Waals surface area contributed by atoms with Crippen LogP contribution in [0, 0.1) is 0 Å². The SMILES string of the molecule is Cn1cc[n+](C)c1CCCn1c(=O)n(-c2ccccc2)c(=O)c2ccccc21. The van der Waals surface area contributed by atoms with Crippen LogP contribution in [0.3, 0.4) is 0 Å². The fourth-order valence-corrected chi connectivity index (χ4v) is 3.71. The first kappa shape index (κ1) is 18.0. The maximum atomic E-state index is 13.2. The smallest absolute Gasteiger partial charge is 0.293 e. The molecule has 2 aromatic heterocycles. The van der Waals surface area contributed by atoms with E-state index in [-0.39, 0.29) is 11.2 Å². The maximum absolute atomic E-state index is 13.2. The predicted octanol–water partition coefficient (Wildman–Crippen LogP) is 1.95. The molecule has 2 heterocycles. The van der Waals surface area contributed by atoms with E-state index in [2.05, 4.69) is 9.13 Å². The monoisotopic (exact) mass is 375 g/mol. The Morgan fingerprint density at radius 1 is 0.964 bits per heavy atom. The van der Waals surface area contributed by atoms with Crippen molar-refractivity contribution in [2.75, 3.05) is 0 Å². The zero-order valence-electron chi connectivity index (χ0n) is 16.1. The van der Waals surface area contributed by atoms with Gasteiger partial charge in [0.25, 0.3) is 11.4 Å². The minimum atomic E-state index is -0.300. The fourth-order valence-electron chi connectivity index (χ4n) is 3.71. The Morgan fingerprint density at radius 3 is 2.39 bits per heavy atom. The second-order valence-electron chi connectivity index (χ2n) is 6.97. The van der Waals surface area contributed by atoms with Crippen LogP contribution in [-0.4, -0.2) is 13.7 Å². The summed E-state index contributed by atoms with van der Waals surface area (Å²) in [6, 6.07) is 16.4. The van der Waals surface area contributed by atoms with Gasteiger partial charge < -0.3 is 0 Å². The molecular weight excluding hydrogens is 352 g/mol. The highest BCUT2D eigenvalue weighted by Crippen LogP contribution is 2.11. The third kappa shape index (κ3) is 3.07. The first-order chi connectivity index (χ1) is 13.6. The summed E-state index contributed by atoms with van der Waals surface area (Å²) < 4.78 is 7.16. The van der Waals surface area contributed by atoms with Crippen molar-refractivity contribution in [1.82, 2.24) is 13.7 Å². The summed E-state index contributed by atoms with van der Waals surface area (Å²) in [6.07, 6.45) is 5.67. The lowest BCUT2D eigenvalue weighted by atomic mass is 10.2. The summed E-state index contributed by atoms with van der Waals surface area (Å²) in [5.74, 6) is 1.19. The number of benzene rings is 2. The normalized spacial score (nSPS) is 11.2. The van der Waals surface area contributed by atoms with Gasteiger partial charge in [-0.05, 0) is 30.7 Å². The first-order valence-corrected chi connectivity index (χ1v) is 9.38. The van der Waals surface area contributed by atoms with Gasteiger partial charge in [-0.2, -0.15) is 0 Å². The van der Waals surface area contributed by atoms with Gasteiger partial charge in [-0.15, -0.1) is 0 Å². The highest BCUT2D eigenvalue weighted by atomic mass is 16.2. The Kier molecular flexibility index (Phi) is 4.69. The summed E-state index contributed by atoms with van der Waals surface area (Å²) in [5, 5.41) is 0.551. The van der Waals surface area contributed by atoms with Crippen LogP contribution in [0.5, 0.6) is 0 Å². The summed E-state index contributed by atoms with van der Waals surface area (Å²) in [6.45, 7) is 0.539. The molecule has 0 atom stereocenters. The van der Waals surface area contributed by atoms with Crippen molar-refractivity contribution in [3.05, 3.63) is 93.7 Å². The molecule has 6 heteroatoms. The van der Waals surface area contributed by atoms with Gasteiger partial charge in [-0.3, -0.25) is 9.36 Å². The summed E-state index contributed by atoms with van der Waals surface area (Å²) in [5.41, 5.74) is 0.690.